The predicted octanol–water partition coefficient (Wildman–Crippen LogP) is 9.28. The van der Waals surface area contributed by atoms with Crippen molar-refractivity contribution in [1.29, 1.82) is 0 Å². The SMILES string of the molecule is CCCC1CCC2C3CCC4(C)C(C(C)Cn5cc(C(C)(C)CC)cn5)CCC4C3CCC2(C)C1. The summed E-state index contributed by atoms with van der Waals surface area (Å²) < 4.78 is 2.28. The van der Waals surface area contributed by atoms with E-state index >= 15 is 0 Å². The molecule has 198 valence electrons. The summed E-state index contributed by atoms with van der Waals surface area (Å²) in [7, 11) is 0. The second-order valence-electron chi connectivity index (χ2n) is 15.1. The van der Waals surface area contributed by atoms with E-state index in [-0.39, 0.29) is 5.41 Å². The molecule has 0 bridgehead atoms. The minimum absolute atomic E-state index is 0.232. The first-order valence-corrected chi connectivity index (χ1v) is 15.6. The summed E-state index contributed by atoms with van der Waals surface area (Å²) in [6, 6.07) is 0. The quantitative estimate of drug-likeness (QED) is 0.380. The summed E-state index contributed by atoms with van der Waals surface area (Å²) in [5, 5.41) is 4.82. The molecule has 0 saturated heterocycles. The molecule has 4 saturated carbocycles. The van der Waals surface area contributed by atoms with Gasteiger partial charge in [0.1, 0.15) is 0 Å². The molecule has 9 unspecified atom stereocenters. The molecular formula is C33H56N2. The van der Waals surface area contributed by atoms with Crippen LogP contribution in [0.2, 0.25) is 0 Å². The zero-order valence-electron chi connectivity index (χ0n) is 24.3. The Balaban J connectivity index is 1.27. The van der Waals surface area contributed by atoms with E-state index in [0.29, 0.717) is 10.8 Å². The summed E-state index contributed by atoms with van der Waals surface area (Å²) in [5.74, 6) is 6.68. The van der Waals surface area contributed by atoms with E-state index in [1.165, 1.54) is 76.2 Å². The van der Waals surface area contributed by atoms with Crippen LogP contribution in [0.15, 0.2) is 12.4 Å². The molecule has 0 radical (unpaired) electrons. The second kappa shape index (κ2) is 9.50. The lowest BCUT2D eigenvalue weighted by atomic mass is 9.45. The molecule has 5 rings (SSSR count). The van der Waals surface area contributed by atoms with Gasteiger partial charge in [-0.3, -0.25) is 4.68 Å². The molecule has 0 N–H and O–H groups in total. The summed E-state index contributed by atoms with van der Waals surface area (Å²) in [4.78, 5) is 0. The first kappa shape index (κ1) is 25.8. The average molecular weight is 481 g/mol. The standard InChI is InChI=1S/C33H56N2/c1-8-10-24-11-12-29-26-16-18-33(7)28(13-14-30(33)27(26)15-17-32(29,6)19-24)23(3)21-35-22-25(20-34-35)31(4,5)9-2/h20,22-24,26-30H,8-19,21H2,1-7H3. The second-order valence-corrected chi connectivity index (χ2v) is 15.1. The van der Waals surface area contributed by atoms with Crippen molar-refractivity contribution in [2.24, 2.45) is 52.3 Å². The number of fused-ring (bicyclic) bond motifs is 5. The van der Waals surface area contributed by atoms with Crippen molar-refractivity contribution in [1.82, 2.24) is 9.78 Å². The smallest absolute Gasteiger partial charge is 0.0527 e. The maximum Gasteiger partial charge on any atom is 0.0527 e. The van der Waals surface area contributed by atoms with Crippen LogP contribution in [-0.2, 0) is 12.0 Å². The molecule has 9 atom stereocenters. The van der Waals surface area contributed by atoms with Gasteiger partial charge in [0.25, 0.3) is 0 Å². The molecule has 2 heteroatoms. The summed E-state index contributed by atoms with van der Waals surface area (Å²) in [5.41, 5.74) is 2.85. The first-order chi connectivity index (χ1) is 16.6. The van der Waals surface area contributed by atoms with Crippen molar-refractivity contribution in [2.45, 2.75) is 137 Å². The maximum absolute atomic E-state index is 4.82. The van der Waals surface area contributed by atoms with Gasteiger partial charge < -0.3 is 0 Å². The van der Waals surface area contributed by atoms with Crippen LogP contribution in [0.1, 0.15) is 131 Å². The molecule has 4 fully saturated rings. The van der Waals surface area contributed by atoms with E-state index in [0.717, 1.165) is 48.0 Å². The lowest BCUT2D eigenvalue weighted by Gasteiger charge is -2.60. The summed E-state index contributed by atoms with van der Waals surface area (Å²) in [6.45, 7) is 18.5. The average Bonchev–Trinajstić information content (AvgIpc) is 3.43. The van der Waals surface area contributed by atoms with E-state index < -0.39 is 0 Å². The highest BCUT2D eigenvalue weighted by Gasteiger charge is 2.59. The molecule has 0 aromatic carbocycles. The molecule has 2 nitrogen and oxygen atoms in total. The topological polar surface area (TPSA) is 17.8 Å². The van der Waals surface area contributed by atoms with Gasteiger partial charge in [0.2, 0.25) is 0 Å². The van der Waals surface area contributed by atoms with E-state index in [2.05, 4.69) is 65.5 Å². The van der Waals surface area contributed by atoms with Crippen LogP contribution in [-0.4, -0.2) is 9.78 Å². The van der Waals surface area contributed by atoms with Crippen molar-refractivity contribution in [3.05, 3.63) is 18.0 Å². The molecule has 35 heavy (non-hydrogen) atoms. The van der Waals surface area contributed by atoms with Gasteiger partial charge in [-0.1, -0.05) is 67.7 Å². The Morgan fingerprint density at radius 3 is 2.46 bits per heavy atom. The van der Waals surface area contributed by atoms with E-state index in [4.69, 9.17) is 5.10 Å². The van der Waals surface area contributed by atoms with Crippen LogP contribution >= 0.6 is 0 Å². The van der Waals surface area contributed by atoms with Crippen LogP contribution in [0, 0.1) is 52.3 Å². The van der Waals surface area contributed by atoms with E-state index in [1.807, 2.05) is 0 Å². The minimum atomic E-state index is 0.232. The molecule has 1 heterocycles. The van der Waals surface area contributed by atoms with E-state index in [1.54, 1.807) is 6.42 Å². The summed E-state index contributed by atoms with van der Waals surface area (Å²) >= 11 is 0. The Hall–Kier alpha value is -0.790. The van der Waals surface area contributed by atoms with Gasteiger partial charge in [-0.25, -0.2) is 0 Å². The highest BCUT2D eigenvalue weighted by molar-refractivity contribution is 5.16. The fraction of sp³-hybridized carbons (Fsp3) is 0.909. The Bertz CT molecular complexity index is 868. The molecule has 4 aliphatic rings. The van der Waals surface area contributed by atoms with Crippen LogP contribution < -0.4 is 0 Å². The Kier molecular flexibility index (Phi) is 7.02. The van der Waals surface area contributed by atoms with E-state index in [9.17, 15) is 0 Å². The molecule has 0 spiro atoms. The highest BCUT2D eigenvalue weighted by Crippen LogP contribution is 2.67. The first-order valence-electron chi connectivity index (χ1n) is 15.6. The van der Waals surface area contributed by atoms with Gasteiger partial charge in [0, 0.05) is 12.7 Å². The van der Waals surface area contributed by atoms with Crippen LogP contribution in [0.5, 0.6) is 0 Å². The van der Waals surface area contributed by atoms with Crippen molar-refractivity contribution < 1.29 is 0 Å². The zero-order chi connectivity index (χ0) is 25.0. The van der Waals surface area contributed by atoms with Gasteiger partial charge in [-0.05, 0) is 121 Å². The lowest BCUT2D eigenvalue weighted by molar-refractivity contribution is -0.108. The van der Waals surface area contributed by atoms with Crippen molar-refractivity contribution >= 4 is 0 Å². The molecule has 4 aliphatic carbocycles. The third-order valence-corrected chi connectivity index (χ3v) is 12.8. The normalized spacial score (nSPS) is 42.3. The fourth-order valence-corrected chi connectivity index (χ4v) is 10.5. The van der Waals surface area contributed by atoms with Gasteiger partial charge in [-0.2, -0.15) is 5.10 Å². The molecule has 1 aromatic heterocycles. The summed E-state index contributed by atoms with van der Waals surface area (Å²) in [6.07, 6.45) is 22.2. The third-order valence-electron chi connectivity index (χ3n) is 12.8. The highest BCUT2D eigenvalue weighted by atomic mass is 15.3. The number of hydrogen-bond acceptors (Lipinski definition) is 1. The third kappa shape index (κ3) is 4.46. The van der Waals surface area contributed by atoms with Crippen LogP contribution in [0.4, 0.5) is 0 Å². The van der Waals surface area contributed by atoms with Crippen LogP contribution in [0.3, 0.4) is 0 Å². The molecular weight excluding hydrogens is 424 g/mol. The van der Waals surface area contributed by atoms with Gasteiger partial charge in [-0.15, -0.1) is 0 Å². The van der Waals surface area contributed by atoms with Gasteiger partial charge in [0.15, 0.2) is 0 Å². The number of aromatic nitrogens is 2. The lowest BCUT2D eigenvalue weighted by Crippen LogP contribution is -2.52. The largest absolute Gasteiger partial charge is 0.272 e. The molecule has 1 aromatic rings. The Morgan fingerprint density at radius 2 is 1.71 bits per heavy atom. The monoisotopic (exact) mass is 480 g/mol. The number of hydrogen-bond donors (Lipinski definition) is 0. The van der Waals surface area contributed by atoms with Crippen LogP contribution in [0.25, 0.3) is 0 Å². The molecule has 0 aliphatic heterocycles. The minimum Gasteiger partial charge on any atom is -0.272 e. The fourth-order valence-electron chi connectivity index (χ4n) is 10.5. The number of rotatable bonds is 7. The molecule has 0 amide bonds. The van der Waals surface area contributed by atoms with Crippen molar-refractivity contribution in [3.63, 3.8) is 0 Å². The Labute approximate surface area is 217 Å². The van der Waals surface area contributed by atoms with Gasteiger partial charge >= 0.3 is 0 Å². The van der Waals surface area contributed by atoms with Gasteiger partial charge in [0.05, 0.1) is 6.20 Å². The number of nitrogens with zero attached hydrogens (tertiary/aromatic N) is 2. The Morgan fingerprint density at radius 1 is 1.00 bits per heavy atom. The van der Waals surface area contributed by atoms with Crippen molar-refractivity contribution in [2.75, 3.05) is 0 Å². The zero-order valence-corrected chi connectivity index (χ0v) is 24.3. The predicted molar refractivity (Wildman–Crippen MR) is 148 cm³/mol. The van der Waals surface area contributed by atoms with Crippen molar-refractivity contribution in [3.8, 4) is 0 Å². The maximum atomic E-state index is 4.82.